The highest BCUT2D eigenvalue weighted by Crippen LogP contribution is 2.50. The molecule has 36 heavy (non-hydrogen) atoms. The zero-order valence-corrected chi connectivity index (χ0v) is 19.9. The molecule has 6 rings (SSSR count). The molecule has 1 unspecified atom stereocenters. The minimum Gasteiger partial charge on any atom is -0.497 e. The summed E-state index contributed by atoms with van der Waals surface area (Å²) >= 11 is 0. The first-order chi connectivity index (χ1) is 17.6. The number of nitrogens with two attached hydrogens (primary N) is 1. The van der Waals surface area contributed by atoms with E-state index in [9.17, 15) is 4.79 Å². The molecule has 1 saturated heterocycles. The first kappa shape index (κ1) is 22.2. The molecule has 3 N–H and O–H groups in total. The van der Waals surface area contributed by atoms with Gasteiger partial charge in [-0.05, 0) is 48.0 Å². The largest absolute Gasteiger partial charge is 0.497 e. The van der Waals surface area contributed by atoms with Gasteiger partial charge in [-0.25, -0.2) is 0 Å². The maximum atomic E-state index is 12.7. The third-order valence-corrected chi connectivity index (χ3v) is 6.71. The topological polar surface area (TPSA) is 103 Å². The molecule has 4 heterocycles. The number of nitrogens with one attached hydrogen (secondary N) is 1. The summed E-state index contributed by atoms with van der Waals surface area (Å²) in [4.78, 5) is 22.4. The third kappa shape index (κ3) is 3.95. The van der Waals surface area contributed by atoms with Crippen molar-refractivity contribution in [2.45, 2.75) is 5.92 Å². The Morgan fingerprint density at radius 3 is 2.61 bits per heavy atom. The van der Waals surface area contributed by atoms with Gasteiger partial charge in [-0.15, -0.1) is 0 Å². The number of hydrogen-bond acceptors (Lipinski definition) is 7. The van der Waals surface area contributed by atoms with E-state index in [1.165, 1.54) is 0 Å². The van der Waals surface area contributed by atoms with Crippen molar-refractivity contribution in [3.05, 3.63) is 93.9 Å². The predicted octanol–water partition coefficient (Wildman–Crippen LogP) is 4.15. The lowest BCUT2D eigenvalue weighted by Crippen LogP contribution is -2.36. The lowest BCUT2D eigenvalue weighted by Gasteiger charge is -2.30. The average molecular weight is 483 g/mol. The third-order valence-electron chi connectivity index (χ3n) is 6.71. The van der Waals surface area contributed by atoms with Gasteiger partial charge in [0.05, 0.1) is 26.0 Å². The Kier molecular flexibility index (Phi) is 5.58. The van der Waals surface area contributed by atoms with Crippen LogP contribution < -0.4 is 25.7 Å². The number of ether oxygens (including phenoxy) is 3. The summed E-state index contributed by atoms with van der Waals surface area (Å²) in [6.07, 6.45) is 1.76. The Hall–Kier alpha value is -4.30. The molecule has 2 aliphatic rings. The quantitative estimate of drug-likeness (QED) is 0.371. The number of nitrogens with zero attached hydrogens (tertiary/aromatic N) is 2. The number of aromatic amines is 1. The van der Waals surface area contributed by atoms with Crippen molar-refractivity contribution in [2.24, 2.45) is 0 Å². The van der Waals surface area contributed by atoms with E-state index in [1.54, 1.807) is 19.4 Å². The molecular weight excluding hydrogens is 456 g/mol. The van der Waals surface area contributed by atoms with Gasteiger partial charge in [0.25, 0.3) is 5.56 Å². The van der Waals surface area contributed by atoms with Gasteiger partial charge in [0, 0.05) is 53.8 Å². The van der Waals surface area contributed by atoms with E-state index in [0.29, 0.717) is 41.8 Å². The molecule has 0 saturated carbocycles. The summed E-state index contributed by atoms with van der Waals surface area (Å²) in [5.41, 5.74) is 11.7. The number of aromatic nitrogens is 2. The second kappa shape index (κ2) is 9.05. The molecule has 4 aromatic rings. The van der Waals surface area contributed by atoms with Crippen LogP contribution in [0.1, 0.15) is 22.6 Å². The van der Waals surface area contributed by atoms with E-state index in [-0.39, 0.29) is 11.5 Å². The van der Waals surface area contributed by atoms with E-state index >= 15 is 0 Å². The van der Waals surface area contributed by atoms with Crippen LogP contribution in [0, 0.1) is 0 Å². The summed E-state index contributed by atoms with van der Waals surface area (Å²) < 4.78 is 17.3. The summed E-state index contributed by atoms with van der Waals surface area (Å²) in [6.45, 7) is 2.73. The van der Waals surface area contributed by atoms with Crippen LogP contribution in [0.2, 0.25) is 0 Å². The van der Waals surface area contributed by atoms with E-state index < -0.39 is 0 Å². The molecule has 0 aliphatic carbocycles. The van der Waals surface area contributed by atoms with Crippen LogP contribution in [0.25, 0.3) is 11.4 Å². The highest BCUT2D eigenvalue weighted by molar-refractivity contribution is 5.73. The van der Waals surface area contributed by atoms with Gasteiger partial charge in [-0.1, -0.05) is 12.1 Å². The zero-order chi connectivity index (χ0) is 24.6. The van der Waals surface area contributed by atoms with Crippen molar-refractivity contribution >= 4 is 11.4 Å². The average Bonchev–Trinajstić information content (AvgIpc) is 2.92. The Bertz CT molecular complexity index is 1480. The molecule has 1 fully saturated rings. The fraction of sp³-hybridized carbons (Fsp3) is 0.214. The van der Waals surface area contributed by atoms with Crippen LogP contribution in [-0.2, 0) is 4.74 Å². The van der Waals surface area contributed by atoms with Gasteiger partial charge < -0.3 is 29.8 Å². The smallest absolute Gasteiger partial charge is 0.250 e. The fourth-order valence-corrected chi connectivity index (χ4v) is 4.97. The highest BCUT2D eigenvalue weighted by Gasteiger charge is 2.32. The van der Waals surface area contributed by atoms with Crippen LogP contribution >= 0.6 is 0 Å². The molecule has 2 aliphatic heterocycles. The first-order valence-corrected chi connectivity index (χ1v) is 11.9. The number of anilines is 2. The van der Waals surface area contributed by atoms with Crippen LogP contribution in [0.5, 0.6) is 17.2 Å². The van der Waals surface area contributed by atoms with E-state index in [1.807, 2.05) is 54.6 Å². The lowest BCUT2D eigenvalue weighted by atomic mass is 9.82. The molecule has 2 aromatic heterocycles. The Labute approximate surface area is 208 Å². The summed E-state index contributed by atoms with van der Waals surface area (Å²) in [6, 6.07) is 19.2. The number of methoxy groups -OCH3 is 1. The second-order valence-electron chi connectivity index (χ2n) is 8.90. The van der Waals surface area contributed by atoms with Crippen LogP contribution in [-0.4, -0.2) is 43.4 Å². The van der Waals surface area contributed by atoms with Gasteiger partial charge in [0.2, 0.25) is 0 Å². The summed E-state index contributed by atoms with van der Waals surface area (Å²) in [5.74, 6) is 1.98. The first-order valence-electron chi connectivity index (χ1n) is 11.9. The molecule has 2 aromatic carbocycles. The number of fused-ring (bicyclic) bond motifs is 2. The van der Waals surface area contributed by atoms with Crippen molar-refractivity contribution < 1.29 is 14.2 Å². The molecule has 0 bridgehead atoms. The Morgan fingerprint density at radius 2 is 1.83 bits per heavy atom. The predicted molar refractivity (Wildman–Crippen MR) is 138 cm³/mol. The zero-order valence-electron chi connectivity index (χ0n) is 19.9. The van der Waals surface area contributed by atoms with Crippen molar-refractivity contribution in [2.75, 3.05) is 44.0 Å². The second-order valence-corrected chi connectivity index (χ2v) is 8.90. The minimum absolute atomic E-state index is 0.131. The number of pyridine rings is 2. The standard InChI is InChI=1S/C28H26N4O4/c1-34-20-5-2-17(3-6-20)26-21-8-9-30-27(28(21)36-24-7-4-18(29)14-22(24)26)23-15-19(16-25(33)31-23)32-10-12-35-13-11-32/h2-9,14-16,26H,10-13,29H2,1H3,(H,31,33). The number of hydrogen-bond donors (Lipinski definition) is 2. The molecule has 8 heteroatoms. The van der Waals surface area contributed by atoms with Crippen molar-refractivity contribution in [3.8, 4) is 28.6 Å². The highest BCUT2D eigenvalue weighted by atomic mass is 16.5. The van der Waals surface area contributed by atoms with E-state index in [2.05, 4.69) is 14.9 Å². The van der Waals surface area contributed by atoms with Crippen LogP contribution in [0.3, 0.4) is 0 Å². The maximum absolute atomic E-state index is 12.7. The normalized spacial score (nSPS) is 16.6. The summed E-state index contributed by atoms with van der Waals surface area (Å²) in [5, 5.41) is 0. The van der Waals surface area contributed by atoms with Gasteiger partial charge in [0.15, 0.2) is 5.75 Å². The van der Waals surface area contributed by atoms with Crippen molar-refractivity contribution in [3.63, 3.8) is 0 Å². The Balaban J connectivity index is 1.51. The molecule has 0 radical (unpaired) electrons. The van der Waals surface area contributed by atoms with Gasteiger partial charge in [0.1, 0.15) is 17.2 Å². The van der Waals surface area contributed by atoms with Crippen molar-refractivity contribution in [1.29, 1.82) is 0 Å². The molecule has 0 spiro atoms. The Morgan fingerprint density at radius 1 is 1.03 bits per heavy atom. The van der Waals surface area contributed by atoms with Gasteiger partial charge in [-0.3, -0.25) is 9.78 Å². The van der Waals surface area contributed by atoms with Crippen molar-refractivity contribution in [1.82, 2.24) is 9.97 Å². The van der Waals surface area contributed by atoms with Crippen LogP contribution in [0.4, 0.5) is 11.4 Å². The van der Waals surface area contributed by atoms with Gasteiger partial charge in [-0.2, -0.15) is 0 Å². The number of rotatable bonds is 4. The molecular formula is C28H26N4O4. The maximum Gasteiger partial charge on any atom is 0.250 e. The summed E-state index contributed by atoms with van der Waals surface area (Å²) in [7, 11) is 1.65. The number of morpholine rings is 1. The number of nitrogen functional groups attached to an aromatic ring is 1. The monoisotopic (exact) mass is 482 g/mol. The fourth-order valence-electron chi connectivity index (χ4n) is 4.97. The van der Waals surface area contributed by atoms with E-state index in [0.717, 1.165) is 41.2 Å². The van der Waals surface area contributed by atoms with E-state index in [4.69, 9.17) is 19.9 Å². The number of benzene rings is 2. The number of H-pyrrole nitrogens is 1. The van der Waals surface area contributed by atoms with Gasteiger partial charge >= 0.3 is 0 Å². The molecule has 8 nitrogen and oxygen atoms in total. The molecule has 1 atom stereocenters. The molecule has 182 valence electrons. The SMILES string of the molecule is COc1ccc(C2c3cc(N)ccc3Oc3c2ccnc3-c2cc(N3CCOCC3)cc(=O)[nH]2)cc1. The minimum atomic E-state index is -0.191. The molecule has 0 amide bonds. The van der Waals surface area contributed by atoms with Crippen LogP contribution in [0.15, 0.2) is 71.7 Å². The lowest BCUT2D eigenvalue weighted by molar-refractivity contribution is 0.122.